The first-order valence-electron chi connectivity index (χ1n) is 6.58. The van der Waals surface area contributed by atoms with Gasteiger partial charge in [0.15, 0.2) is 0 Å². The molecule has 0 heterocycles. The molecule has 2 N–H and O–H groups in total. The lowest BCUT2D eigenvalue weighted by Crippen LogP contribution is -2.22. The smallest absolute Gasteiger partial charge is 0.00462 e. The second kappa shape index (κ2) is 7.28. The van der Waals surface area contributed by atoms with Gasteiger partial charge >= 0.3 is 0 Å². The van der Waals surface area contributed by atoms with Crippen molar-refractivity contribution in [3.63, 3.8) is 0 Å². The molecule has 0 aliphatic heterocycles. The molecular formula is C13H27N. The van der Waals surface area contributed by atoms with Gasteiger partial charge in [0.2, 0.25) is 0 Å². The van der Waals surface area contributed by atoms with Gasteiger partial charge in [-0.1, -0.05) is 58.3 Å². The molecule has 0 bridgehead atoms. The van der Waals surface area contributed by atoms with Crippen LogP contribution in [0.2, 0.25) is 0 Å². The molecule has 1 aliphatic rings. The van der Waals surface area contributed by atoms with Crippen molar-refractivity contribution in [2.24, 2.45) is 17.6 Å². The molecule has 1 heteroatoms. The molecule has 2 atom stereocenters. The lowest BCUT2D eigenvalue weighted by atomic mass is 9.84. The quantitative estimate of drug-likeness (QED) is 0.527. The molecule has 1 nitrogen and oxygen atoms in total. The van der Waals surface area contributed by atoms with E-state index in [1.807, 2.05) is 0 Å². The highest BCUT2D eigenvalue weighted by molar-refractivity contribution is 4.74. The van der Waals surface area contributed by atoms with Gasteiger partial charge in [0.25, 0.3) is 0 Å². The van der Waals surface area contributed by atoms with Gasteiger partial charge in [-0.2, -0.15) is 0 Å². The van der Waals surface area contributed by atoms with E-state index >= 15 is 0 Å². The molecule has 14 heavy (non-hydrogen) atoms. The number of unbranched alkanes of at least 4 members (excludes halogenated alkanes) is 2. The fraction of sp³-hybridized carbons (Fsp3) is 1.00. The zero-order chi connectivity index (χ0) is 10.2. The molecule has 2 unspecified atom stereocenters. The summed E-state index contributed by atoms with van der Waals surface area (Å²) in [4.78, 5) is 0. The molecule has 1 fully saturated rings. The second-order valence-corrected chi connectivity index (χ2v) is 4.89. The maximum absolute atomic E-state index is 5.87. The largest absolute Gasteiger partial charge is 0.330 e. The van der Waals surface area contributed by atoms with Crippen LogP contribution in [0.3, 0.4) is 0 Å². The summed E-state index contributed by atoms with van der Waals surface area (Å²) in [6, 6.07) is 0. The highest BCUT2D eigenvalue weighted by Crippen LogP contribution is 2.31. The maximum Gasteiger partial charge on any atom is -0.00462 e. The van der Waals surface area contributed by atoms with Crippen molar-refractivity contribution in [2.45, 2.75) is 64.7 Å². The third-order valence-electron chi connectivity index (χ3n) is 3.80. The van der Waals surface area contributed by atoms with Gasteiger partial charge in [0, 0.05) is 0 Å². The van der Waals surface area contributed by atoms with Crippen molar-refractivity contribution in [1.29, 1.82) is 0 Å². The number of rotatable bonds is 5. The van der Waals surface area contributed by atoms with Crippen molar-refractivity contribution in [2.75, 3.05) is 6.54 Å². The fourth-order valence-electron chi connectivity index (χ4n) is 2.81. The molecule has 0 spiro atoms. The van der Waals surface area contributed by atoms with Crippen molar-refractivity contribution in [1.82, 2.24) is 0 Å². The Morgan fingerprint density at radius 1 is 1.00 bits per heavy atom. The van der Waals surface area contributed by atoms with E-state index < -0.39 is 0 Å². The average Bonchev–Trinajstić information content (AvgIpc) is 2.43. The summed E-state index contributed by atoms with van der Waals surface area (Å²) in [5, 5.41) is 0. The summed E-state index contributed by atoms with van der Waals surface area (Å²) in [5.74, 6) is 1.79. The summed E-state index contributed by atoms with van der Waals surface area (Å²) in [5.41, 5.74) is 5.87. The van der Waals surface area contributed by atoms with Gasteiger partial charge < -0.3 is 5.73 Å². The van der Waals surface area contributed by atoms with Crippen molar-refractivity contribution in [3.05, 3.63) is 0 Å². The maximum atomic E-state index is 5.87. The standard InChI is InChI=1S/C13H27N/c1-2-3-5-8-12-9-6-4-7-10-13(12)11-14/h12-13H,2-11,14H2,1H3. The van der Waals surface area contributed by atoms with Crippen molar-refractivity contribution < 1.29 is 0 Å². The molecule has 84 valence electrons. The summed E-state index contributed by atoms with van der Waals surface area (Å²) in [6.45, 7) is 3.21. The van der Waals surface area contributed by atoms with Crippen LogP contribution in [0.5, 0.6) is 0 Å². The molecule has 1 aliphatic carbocycles. The predicted molar refractivity (Wildman–Crippen MR) is 63.3 cm³/mol. The molecular weight excluding hydrogens is 170 g/mol. The van der Waals surface area contributed by atoms with Crippen LogP contribution in [-0.4, -0.2) is 6.54 Å². The third-order valence-corrected chi connectivity index (χ3v) is 3.80. The highest BCUT2D eigenvalue weighted by atomic mass is 14.6. The zero-order valence-electron chi connectivity index (χ0n) is 9.80. The summed E-state index contributed by atoms with van der Waals surface area (Å²) in [6.07, 6.45) is 12.8. The Morgan fingerprint density at radius 3 is 2.36 bits per heavy atom. The van der Waals surface area contributed by atoms with Gasteiger partial charge in [-0.3, -0.25) is 0 Å². The monoisotopic (exact) mass is 197 g/mol. The second-order valence-electron chi connectivity index (χ2n) is 4.89. The summed E-state index contributed by atoms with van der Waals surface area (Å²) >= 11 is 0. The molecule has 1 saturated carbocycles. The van der Waals surface area contributed by atoms with Gasteiger partial charge in [0.1, 0.15) is 0 Å². The minimum absolute atomic E-state index is 0.842. The minimum Gasteiger partial charge on any atom is -0.330 e. The van der Waals surface area contributed by atoms with Gasteiger partial charge in [-0.15, -0.1) is 0 Å². The molecule has 0 aromatic rings. The summed E-state index contributed by atoms with van der Waals surface area (Å²) < 4.78 is 0. The SMILES string of the molecule is CCCCCC1CCCCCC1CN. The molecule has 0 amide bonds. The van der Waals surface area contributed by atoms with E-state index in [1.54, 1.807) is 0 Å². The first kappa shape index (κ1) is 12.0. The van der Waals surface area contributed by atoms with E-state index in [4.69, 9.17) is 5.73 Å². The Kier molecular flexibility index (Phi) is 6.25. The average molecular weight is 197 g/mol. The van der Waals surface area contributed by atoms with Gasteiger partial charge in [0.05, 0.1) is 0 Å². The normalized spacial score (nSPS) is 28.7. The van der Waals surface area contributed by atoms with Crippen molar-refractivity contribution in [3.8, 4) is 0 Å². The van der Waals surface area contributed by atoms with Crippen LogP contribution >= 0.6 is 0 Å². The van der Waals surface area contributed by atoms with Crippen LogP contribution in [0, 0.1) is 11.8 Å². The van der Waals surface area contributed by atoms with Crippen LogP contribution < -0.4 is 5.73 Å². The fourth-order valence-corrected chi connectivity index (χ4v) is 2.81. The Hall–Kier alpha value is -0.0400. The van der Waals surface area contributed by atoms with Crippen LogP contribution in [0.25, 0.3) is 0 Å². The predicted octanol–water partition coefficient (Wildman–Crippen LogP) is 3.72. The summed E-state index contributed by atoms with van der Waals surface area (Å²) in [7, 11) is 0. The van der Waals surface area contributed by atoms with Crippen LogP contribution in [0.1, 0.15) is 64.7 Å². The van der Waals surface area contributed by atoms with E-state index in [9.17, 15) is 0 Å². The third kappa shape index (κ3) is 4.00. The zero-order valence-corrected chi connectivity index (χ0v) is 9.80. The molecule has 0 saturated heterocycles. The van der Waals surface area contributed by atoms with Gasteiger partial charge in [-0.05, 0) is 24.8 Å². The van der Waals surface area contributed by atoms with E-state index in [0.717, 1.165) is 18.4 Å². The number of nitrogens with two attached hydrogens (primary N) is 1. The topological polar surface area (TPSA) is 26.0 Å². The van der Waals surface area contributed by atoms with E-state index in [1.165, 1.54) is 57.8 Å². The van der Waals surface area contributed by atoms with Crippen LogP contribution in [0.4, 0.5) is 0 Å². The van der Waals surface area contributed by atoms with E-state index in [2.05, 4.69) is 6.92 Å². The highest BCUT2D eigenvalue weighted by Gasteiger charge is 2.21. The Morgan fingerprint density at radius 2 is 1.71 bits per heavy atom. The van der Waals surface area contributed by atoms with E-state index in [0.29, 0.717) is 0 Å². The van der Waals surface area contributed by atoms with Gasteiger partial charge in [-0.25, -0.2) is 0 Å². The first-order valence-corrected chi connectivity index (χ1v) is 6.58. The molecule has 0 aromatic carbocycles. The van der Waals surface area contributed by atoms with E-state index in [-0.39, 0.29) is 0 Å². The lowest BCUT2D eigenvalue weighted by molar-refractivity contribution is 0.293. The molecule has 0 aromatic heterocycles. The Balaban J connectivity index is 2.28. The van der Waals surface area contributed by atoms with Crippen LogP contribution in [0.15, 0.2) is 0 Å². The number of hydrogen-bond donors (Lipinski definition) is 1. The minimum atomic E-state index is 0.842. The number of hydrogen-bond acceptors (Lipinski definition) is 1. The first-order chi connectivity index (χ1) is 6.88. The van der Waals surface area contributed by atoms with Crippen LogP contribution in [-0.2, 0) is 0 Å². The Bertz CT molecular complexity index is 133. The molecule has 0 radical (unpaired) electrons. The van der Waals surface area contributed by atoms with Crippen molar-refractivity contribution >= 4 is 0 Å². The lowest BCUT2D eigenvalue weighted by Gasteiger charge is -2.23. The Labute approximate surface area is 89.5 Å². The molecule has 1 rings (SSSR count).